The van der Waals surface area contributed by atoms with E-state index in [1.807, 2.05) is 0 Å². The molecule has 3 nitrogen and oxygen atoms in total. The maximum atomic E-state index is 10.8. The lowest BCUT2D eigenvalue weighted by Crippen LogP contribution is -2.46. The molecular formula is C9H16N2O. The average Bonchev–Trinajstić information content (AvgIpc) is 2.29. The summed E-state index contributed by atoms with van der Waals surface area (Å²) in [6.45, 7) is 5.17. The van der Waals surface area contributed by atoms with Gasteiger partial charge in [0.15, 0.2) is 0 Å². The summed E-state index contributed by atoms with van der Waals surface area (Å²) in [4.78, 5) is 13.3. The van der Waals surface area contributed by atoms with E-state index >= 15 is 0 Å². The molecule has 1 amide bonds. The lowest BCUT2D eigenvalue weighted by Gasteiger charge is -2.30. The van der Waals surface area contributed by atoms with Crippen LogP contribution in [0.5, 0.6) is 0 Å². The molecule has 2 heterocycles. The third-order valence-electron chi connectivity index (χ3n) is 2.87. The number of hydrogen-bond acceptors (Lipinski definition) is 2. The Morgan fingerprint density at radius 2 is 2.33 bits per heavy atom. The van der Waals surface area contributed by atoms with Gasteiger partial charge in [0, 0.05) is 26.1 Å². The molecule has 0 spiro atoms. The summed E-state index contributed by atoms with van der Waals surface area (Å²) in [5, 5.41) is 3.00. The van der Waals surface area contributed by atoms with Crippen molar-refractivity contribution in [3.63, 3.8) is 0 Å². The fourth-order valence-corrected chi connectivity index (χ4v) is 2.45. The van der Waals surface area contributed by atoms with Crippen molar-refractivity contribution >= 4 is 5.91 Å². The van der Waals surface area contributed by atoms with Crippen LogP contribution in [0.1, 0.15) is 19.8 Å². The zero-order valence-corrected chi connectivity index (χ0v) is 7.55. The van der Waals surface area contributed by atoms with E-state index in [0.29, 0.717) is 6.04 Å². The summed E-state index contributed by atoms with van der Waals surface area (Å²) in [5.41, 5.74) is 0. The molecule has 0 aromatic carbocycles. The Labute approximate surface area is 73.1 Å². The van der Waals surface area contributed by atoms with Crippen molar-refractivity contribution in [2.75, 3.05) is 19.6 Å². The van der Waals surface area contributed by atoms with Gasteiger partial charge in [-0.2, -0.15) is 0 Å². The Bertz CT molecular complexity index is 181. The summed E-state index contributed by atoms with van der Waals surface area (Å²) >= 11 is 0. The molecule has 2 fully saturated rings. The van der Waals surface area contributed by atoms with Crippen LogP contribution < -0.4 is 5.32 Å². The van der Waals surface area contributed by atoms with Crippen molar-refractivity contribution < 1.29 is 4.79 Å². The Kier molecular flexibility index (Phi) is 2.05. The molecule has 1 N–H and O–H groups in total. The van der Waals surface area contributed by atoms with Crippen molar-refractivity contribution in [2.24, 2.45) is 5.92 Å². The van der Waals surface area contributed by atoms with Gasteiger partial charge in [0.1, 0.15) is 0 Å². The maximum Gasteiger partial charge on any atom is 0.217 e. The number of carbonyl (C=O) groups is 1. The molecule has 2 saturated heterocycles. The zero-order valence-electron chi connectivity index (χ0n) is 7.55. The number of fused-ring (bicyclic) bond motifs is 2. The van der Waals surface area contributed by atoms with Crippen LogP contribution in [-0.2, 0) is 4.79 Å². The summed E-state index contributed by atoms with van der Waals surface area (Å²) in [6.07, 6.45) is 2.52. The first kappa shape index (κ1) is 8.05. The van der Waals surface area contributed by atoms with E-state index in [2.05, 4.69) is 10.2 Å². The van der Waals surface area contributed by atoms with Gasteiger partial charge in [-0.25, -0.2) is 0 Å². The Balaban J connectivity index is 1.89. The fraction of sp³-hybridized carbons (Fsp3) is 0.889. The Hall–Kier alpha value is -0.570. The molecule has 12 heavy (non-hydrogen) atoms. The van der Waals surface area contributed by atoms with Gasteiger partial charge < -0.3 is 10.2 Å². The molecule has 68 valence electrons. The lowest BCUT2D eigenvalue weighted by atomic mass is 9.97. The smallest absolute Gasteiger partial charge is 0.217 e. The van der Waals surface area contributed by atoms with Crippen LogP contribution in [-0.4, -0.2) is 36.5 Å². The molecule has 0 aliphatic carbocycles. The summed E-state index contributed by atoms with van der Waals surface area (Å²) in [6, 6.07) is 0.420. The van der Waals surface area contributed by atoms with Gasteiger partial charge in [-0.15, -0.1) is 0 Å². The third-order valence-corrected chi connectivity index (χ3v) is 2.87. The van der Waals surface area contributed by atoms with Gasteiger partial charge in [0.25, 0.3) is 0 Å². The second-order valence-corrected chi connectivity index (χ2v) is 4.05. The van der Waals surface area contributed by atoms with Crippen LogP contribution in [0.15, 0.2) is 0 Å². The molecule has 2 aliphatic heterocycles. The standard InChI is InChI=1S/C9H16N2O/c1-7(12)10-9-4-8-2-3-11(5-8)6-9/h8-9H,2-6H2,1H3,(H,10,12). The summed E-state index contributed by atoms with van der Waals surface area (Å²) in [7, 11) is 0. The quantitative estimate of drug-likeness (QED) is 0.607. The Morgan fingerprint density at radius 1 is 1.50 bits per heavy atom. The molecule has 0 saturated carbocycles. The van der Waals surface area contributed by atoms with Crippen LogP contribution in [0.2, 0.25) is 0 Å². The van der Waals surface area contributed by atoms with E-state index in [4.69, 9.17) is 0 Å². The first-order valence-electron chi connectivity index (χ1n) is 4.73. The number of nitrogens with one attached hydrogen (secondary N) is 1. The van der Waals surface area contributed by atoms with Crippen LogP contribution >= 0.6 is 0 Å². The minimum absolute atomic E-state index is 0.113. The highest BCUT2D eigenvalue weighted by atomic mass is 16.1. The number of carbonyl (C=O) groups excluding carboxylic acids is 1. The van der Waals surface area contributed by atoms with E-state index in [1.54, 1.807) is 6.92 Å². The monoisotopic (exact) mass is 168 g/mol. The minimum Gasteiger partial charge on any atom is -0.352 e. The summed E-state index contributed by atoms with van der Waals surface area (Å²) in [5.74, 6) is 0.957. The number of amides is 1. The zero-order chi connectivity index (χ0) is 8.55. The molecule has 0 aromatic rings. The van der Waals surface area contributed by atoms with Gasteiger partial charge in [-0.3, -0.25) is 4.79 Å². The molecule has 2 bridgehead atoms. The SMILES string of the molecule is CC(=O)NC1CC2CCN(C2)C1. The maximum absolute atomic E-state index is 10.8. The molecule has 0 aromatic heterocycles. The number of piperidine rings is 1. The second-order valence-electron chi connectivity index (χ2n) is 4.05. The summed E-state index contributed by atoms with van der Waals surface area (Å²) < 4.78 is 0. The van der Waals surface area contributed by atoms with Gasteiger partial charge in [-0.05, 0) is 25.3 Å². The number of hydrogen-bond donors (Lipinski definition) is 1. The minimum atomic E-state index is 0.113. The predicted molar refractivity (Wildman–Crippen MR) is 46.8 cm³/mol. The number of rotatable bonds is 1. The Morgan fingerprint density at radius 3 is 3.00 bits per heavy atom. The van der Waals surface area contributed by atoms with E-state index in [9.17, 15) is 4.79 Å². The predicted octanol–water partition coefficient (Wildman–Crippen LogP) is 0.217. The van der Waals surface area contributed by atoms with Crippen molar-refractivity contribution in [1.82, 2.24) is 10.2 Å². The fourth-order valence-electron chi connectivity index (χ4n) is 2.45. The molecule has 0 radical (unpaired) electrons. The van der Waals surface area contributed by atoms with Gasteiger partial charge in [-0.1, -0.05) is 0 Å². The highest BCUT2D eigenvalue weighted by Gasteiger charge is 2.32. The molecule has 3 atom stereocenters. The first-order valence-corrected chi connectivity index (χ1v) is 4.73. The van der Waals surface area contributed by atoms with E-state index < -0.39 is 0 Å². The van der Waals surface area contributed by atoms with Crippen LogP contribution in [0.4, 0.5) is 0 Å². The van der Waals surface area contributed by atoms with Crippen molar-refractivity contribution in [3.8, 4) is 0 Å². The van der Waals surface area contributed by atoms with Gasteiger partial charge in [0.05, 0.1) is 0 Å². The molecule has 2 aliphatic rings. The molecule has 2 rings (SSSR count). The highest BCUT2D eigenvalue weighted by molar-refractivity contribution is 5.73. The van der Waals surface area contributed by atoms with Crippen LogP contribution in [0.3, 0.4) is 0 Å². The van der Waals surface area contributed by atoms with Gasteiger partial charge in [0.2, 0.25) is 5.91 Å². The van der Waals surface area contributed by atoms with E-state index in [0.717, 1.165) is 12.5 Å². The molecule has 3 heteroatoms. The average molecular weight is 168 g/mol. The highest BCUT2D eigenvalue weighted by Crippen LogP contribution is 2.26. The molecule has 3 unspecified atom stereocenters. The van der Waals surface area contributed by atoms with Gasteiger partial charge >= 0.3 is 0 Å². The van der Waals surface area contributed by atoms with Crippen molar-refractivity contribution in [2.45, 2.75) is 25.8 Å². The third kappa shape index (κ3) is 1.61. The largest absolute Gasteiger partial charge is 0.352 e. The second kappa shape index (κ2) is 3.05. The first-order chi connectivity index (χ1) is 5.74. The number of nitrogens with zero attached hydrogens (tertiary/aromatic N) is 1. The van der Waals surface area contributed by atoms with E-state index in [1.165, 1.54) is 25.9 Å². The van der Waals surface area contributed by atoms with Crippen LogP contribution in [0, 0.1) is 5.92 Å². The molecular weight excluding hydrogens is 152 g/mol. The van der Waals surface area contributed by atoms with Crippen molar-refractivity contribution in [1.29, 1.82) is 0 Å². The topological polar surface area (TPSA) is 32.3 Å². The lowest BCUT2D eigenvalue weighted by molar-refractivity contribution is -0.120. The van der Waals surface area contributed by atoms with E-state index in [-0.39, 0.29) is 5.91 Å². The normalized spacial score (nSPS) is 39.6. The van der Waals surface area contributed by atoms with Crippen molar-refractivity contribution in [3.05, 3.63) is 0 Å². The van der Waals surface area contributed by atoms with Crippen LogP contribution in [0.25, 0.3) is 0 Å².